The van der Waals surface area contributed by atoms with Crippen LogP contribution >= 0.6 is 15.9 Å². The molecule has 3 nitrogen and oxygen atoms in total. The molecule has 0 saturated carbocycles. The largest absolute Gasteiger partial charge is 0.307 e. The van der Waals surface area contributed by atoms with Crippen molar-refractivity contribution in [2.24, 2.45) is 0 Å². The van der Waals surface area contributed by atoms with E-state index in [-0.39, 0.29) is 5.56 Å². The third-order valence-corrected chi connectivity index (χ3v) is 2.64. The van der Waals surface area contributed by atoms with E-state index >= 15 is 0 Å². The van der Waals surface area contributed by atoms with Crippen LogP contribution in [0.25, 0.3) is 11.0 Å². The lowest BCUT2D eigenvalue weighted by Crippen LogP contribution is -2.04. The molecule has 0 amide bonds. The second kappa shape index (κ2) is 2.96. The number of aryl methyl sites for hydroxylation is 1. The maximum absolute atomic E-state index is 11.0. The smallest absolute Gasteiger partial charge is 0.249 e. The van der Waals surface area contributed by atoms with Crippen LogP contribution < -0.4 is 5.56 Å². The molecule has 0 unspecified atom stereocenters. The molecule has 2 heterocycles. The van der Waals surface area contributed by atoms with Gasteiger partial charge in [-0.1, -0.05) is 0 Å². The van der Waals surface area contributed by atoms with Gasteiger partial charge in [0.05, 0.1) is 5.69 Å². The number of hydrogen-bond donors (Lipinski definition) is 1. The van der Waals surface area contributed by atoms with E-state index in [1.165, 1.54) is 6.07 Å². The van der Waals surface area contributed by atoms with Gasteiger partial charge in [0.25, 0.3) is 0 Å². The Morgan fingerprint density at radius 2 is 2.23 bits per heavy atom. The summed E-state index contributed by atoms with van der Waals surface area (Å²) in [5.41, 5.74) is 1.38. The molecule has 0 bridgehead atoms. The van der Waals surface area contributed by atoms with Gasteiger partial charge >= 0.3 is 0 Å². The number of halogens is 1. The van der Waals surface area contributed by atoms with Crippen molar-refractivity contribution >= 4 is 27.0 Å². The molecule has 2 aromatic rings. The molecule has 4 heteroatoms. The fraction of sp³-hybridized carbons (Fsp3) is 0.111. The molecule has 1 N–H and O–H groups in total. The maximum atomic E-state index is 11.0. The number of rotatable bonds is 0. The number of hydrogen-bond acceptors (Lipinski definition) is 2. The number of aromatic nitrogens is 2. The van der Waals surface area contributed by atoms with Crippen LogP contribution in [-0.4, -0.2) is 9.97 Å². The van der Waals surface area contributed by atoms with Gasteiger partial charge in [0.2, 0.25) is 5.56 Å². The quantitative estimate of drug-likeness (QED) is 0.764. The van der Waals surface area contributed by atoms with E-state index in [4.69, 9.17) is 0 Å². The van der Waals surface area contributed by atoms with Crippen LogP contribution in [0.15, 0.2) is 27.5 Å². The third-order valence-electron chi connectivity index (χ3n) is 1.84. The average molecular weight is 239 g/mol. The maximum Gasteiger partial charge on any atom is 0.249 e. The summed E-state index contributed by atoms with van der Waals surface area (Å²) in [6, 6.07) is 5.19. The van der Waals surface area contributed by atoms with Gasteiger partial charge in [-0.2, -0.15) is 0 Å². The lowest BCUT2D eigenvalue weighted by molar-refractivity contribution is 1.16. The molecule has 0 spiro atoms. The van der Waals surface area contributed by atoms with Crippen molar-refractivity contribution < 1.29 is 0 Å². The highest BCUT2D eigenvalue weighted by molar-refractivity contribution is 9.10. The van der Waals surface area contributed by atoms with E-state index in [1.54, 1.807) is 6.07 Å². The van der Waals surface area contributed by atoms with Crippen LogP contribution in [0.5, 0.6) is 0 Å². The van der Waals surface area contributed by atoms with Crippen molar-refractivity contribution in [2.45, 2.75) is 6.92 Å². The number of H-pyrrole nitrogens is 1. The van der Waals surface area contributed by atoms with Gasteiger partial charge in [-0.05, 0) is 35.0 Å². The first-order chi connectivity index (χ1) is 6.16. The summed E-state index contributed by atoms with van der Waals surface area (Å²) in [4.78, 5) is 17.9. The summed E-state index contributed by atoms with van der Waals surface area (Å²) < 4.78 is 0.951. The van der Waals surface area contributed by atoms with Crippen LogP contribution in [0.2, 0.25) is 0 Å². The Hall–Kier alpha value is -1.16. The predicted octanol–water partition coefficient (Wildman–Crippen LogP) is 1.99. The number of pyridine rings is 2. The second-order valence-corrected chi connectivity index (χ2v) is 3.67. The Morgan fingerprint density at radius 1 is 1.46 bits per heavy atom. The first-order valence-electron chi connectivity index (χ1n) is 3.83. The zero-order chi connectivity index (χ0) is 9.42. The van der Waals surface area contributed by atoms with E-state index in [0.29, 0.717) is 5.65 Å². The second-order valence-electron chi connectivity index (χ2n) is 2.82. The molecular weight excluding hydrogens is 232 g/mol. The molecule has 0 aliphatic rings. The summed E-state index contributed by atoms with van der Waals surface area (Å²) in [6.07, 6.45) is 0. The summed E-state index contributed by atoms with van der Waals surface area (Å²) in [5, 5.41) is 0.928. The lowest BCUT2D eigenvalue weighted by Gasteiger charge is -2.00. The Morgan fingerprint density at radius 3 is 3.00 bits per heavy atom. The molecule has 2 rings (SSSR count). The fourth-order valence-corrected chi connectivity index (χ4v) is 1.48. The Kier molecular flexibility index (Phi) is 1.92. The summed E-state index contributed by atoms with van der Waals surface area (Å²) in [6.45, 7) is 1.88. The summed E-state index contributed by atoms with van der Waals surface area (Å²) in [7, 11) is 0. The number of aromatic amines is 1. The minimum atomic E-state index is -0.123. The molecule has 0 atom stereocenters. The first-order valence-corrected chi connectivity index (χ1v) is 4.62. The zero-order valence-electron chi connectivity index (χ0n) is 6.97. The van der Waals surface area contributed by atoms with Gasteiger partial charge in [0, 0.05) is 15.9 Å². The lowest BCUT2D eigenvalue weighted by atomic mass is 10.2. The number of fused-ring (bicyclic) bond motifs is 1. The number of nitrogens with zero attached hydrogens (tertiary/aromatic N) is 1. The summed E-state index contributed by atoms with van der Waals surface area (Å²) in [5.74, 6) is 0. The minimum Gasteiger partial charge on any atom is -0.307 e. The molecular formula is C9H7BrN2O. The van der Waals surface area contributed by atoms with Crippen LogP contribution in [0.3, 0.4) is 0 Å². The van der Waals surface area contributed by atoms with Gasteiger partial charge in [-0.15, -0.1) is 0 Å². The van der Waals surface area contributed by atoms with Crippen LogP contribution in [0, 0.1) is 6.92 Å². The molecule has 13 heavy (non-hydrogen) atoms. The highest BCUT2D eigenvalue weighted by atomic mass is 79.9. The zero-order valence-corrected chi connectivity index (χ0v) is 8.55. The van der Waals surface area contributed by atoms with Gasteiger partial charge in [0.1, 0.15) is 5.65 Å². The molecule has 66 valence electrons. The average Bonchev–Trinajstić information content (AvgIpc) is 2.08. The highest BCUT2D eigenvalue weighted by Gasteiger charge is 2.00. The third kappa shape index (κ3) is 1.49. The van der Waals surface area contributed by atoms with Crippen LogP contribution in [0.4, 0.5) is 0 Å². The van der Waals surface area contributed by atoms with Gasteiger partial charge in [-0.3, -0.25) is 4.79 Å². The van der Waals surface area contributed by atoms with E-state index in [0.717, 1.165) is 15.6 Å². The Labute approximate surface area is 82.9 Å². The standard InChI is InChI=1S/C9H7BrN2O/c1-5-7(10)4-6-2-3-8(13)12-9(6)11-5/h2-4H,1H3,(H,11,12,13). The number of nitrogens with one attached hydrogen (secondary N) is 1. The highest BCUT2D eigenvalue weighted by Crippen LogP contribution is 2.18. The SMILES string of the molecule is Cc1nc2[nH]c(=O)ccc2cc1Br. The fourth-order valence-electron chi connectivity index (χ4n) is 1.15. The molecule has 0 aliphatic carbocycles. The predicted molar refractivity (Wildman–Crippen MR) is 54.8 cm³/mol. The van der Waals surface area contributed by atoms with Crippen molar-refractivity contribution in [1.29, 1.82) is 0 Å². The Bertz CT molecular complexity index is 518. The first kappa shape index (κ1) is 8.44. The molecule has 0 saturated heterocycles. The van der Waals surface area contributed by atoms with Crippen molar-refractivity contribution in [1.82, 2.24) is 9.97 Å². The monoisotopic (exact) mass is 238 g/mol. The van der Waals surface area contributed by atoms with Crippen molar-refractivity contribution in [3.8, 4) is 0 Å². The van der Waals surface area contributed by atoms with Gasteiger partial charge < -0.3 is 4.98 Å². The molecule has 0 fully saturated rings. The van der Waals surface area contributed by atoms with Crippen molar-refractivity contribution in [3.05, 3.63) is 38.7 Å². The molecule has 0 aromatic carbocycles. The normalized spacial score (nSPS) is 10.6. The molecule has 0 radical (unpaired) electrons. The Balaban J connectivity index is 2.89. The van der Waals surface area contributed by atoms with E-state index in [9.17, 15) is 4.79 Å². The minimum absolute atomic E-state index is 0.123. The summed E-state index contributed by atoms with van der Waals surface area (Å²) >= 11 is 3.38. The van der Waals surface area contributed by atoms with E-state index in [2.05, 4.69) is 25.9 Å². The van der Waals surface area contributed by atoms with Gasteiger partial charge in [-0.25, -0.2) is 4.98 Å². The van der Waals surface area contributed by atoms with Crippen molar-refractivity contribution in [3.63, 3.8) is 0 Å². The van der Waals surface area contributed by atoms with Crippen molar-refractivity contribution in [2.75, 3.05) is 0 Å². The molecule has 0 aliphatic heterocycles. The van der Waals surface area contributed by atoms with Crippen LogP contribution in [0.1, 0.15) is 5.69 Å². The topological polar surface area (TPSA) is 45.8 Å². The van der Waals surface area contributed by atoms with Gasteiger partial charge in [0.15, 0.2) is 0 Å². The molecule has 2 aromatic heterocycles. The van der Waals surface area contributed by atoms with E-state index < -0.39 is 0 Å². The van der Waals surface area contributed by atoms with Crippen LogP contribution in [-0.2, 0) is 0 Å². The van der Waals surface area contributed by atoms with E-state index in [1.807, 2.05) is 13.0 Å².